The maximum Gasteiger partial charge on any atom is 0.279 e. The molecule has 0 aliphatic heterocycles. The molecule has 0 atom stereocenters. The van der Waals surface area contributed by atoms with Gasteiger partial charge in [0.05, 0.1) is 15.1 Å². The molecule has 3 aromatic rings. The average molecular weight is 432 g/mol. The van der Waals surface area contributed by atoms with Gasteiger partial charge in [0.1, 0.15) is 0 Å². The van der Waals surface area contributed by atoms with E-state index in [4.69, 9.17) is 0 Å². The van der Waals surface area contributed by atoms with Crippen LogP contribution < -0.4 is 4.80 Å². The van der Waals surface area contributed by atoms with Crippen molar-refractivity contribution in [1.82, 2.24) is 8.87 Å². The Morgan fingerprint density at radius 1 is 1.14 bits per heavy atom. The number of hydrogen-bond acceptors (Lipinski definition) is 4. The maximum atomic E-state index is 12.7. The fourth-order valence-corrected chi connectivity index (χ4v) is 5.01. The molecule has 1 aromatic heterocycles. The second kappa shape index (κ2) is 8.22. The van der Waals surface area contributed by atoms with Crippen molar-refractivity contribution in [2.24, 2.45) is 4.99 Å². The first-order chi connectivity index (χ1) is 13.6. The molecule has 29 heavy (non-hydrogen) atoms. The summed E-state index contributed by atoms with van der Waals surface area (Å²) in [5.41, 5.74) is 2.66. The Morgan fingerprint density at radius 2 is 1.79 bits per heavy atom. The van der Waals surface area contributed by atoms with Crippen molar-refractivity contribution in [3.63, 3.8) is 0 Å². The van der Waals surface area contributed by atoms with Gasteiger partial charge in [0, 0.05) is 26.2 Å². The number of thiazole rings is 1. The third-order valence-electron chi connectivity index (χ3n) is 4.77. The monoisotopic (exact) mass is 431 g/mol. The molecule has 0 saturated heterocycles. The summed E-state index contributed by atoms with van der Waals surface area (Å²) in [6.07, 6.45) is 0. The van der Waals surface area contributed by atoms with E-state index in [1.54, 1.807) is 0 Å². The molecule has 1 amide bonds. The molecule has 2 aromatic carbocycles. The number of sulfonamides is 1. The van der Waals surface area contributed by atoms with Crippen molar-refractivity contribution >= 4 is 37.5 Å². The third kappa shape index (κ3) is 4.19. The van der Waals surface area contributed by atoms with Crippen molar-refractivity contribution in [1.29, 1.82) is 0 Å². The molecule has 154 valence electrons. The van der Waals surface area contributed by atoms with E-state index in [1.807, 2.05) is 11.5 Å². The first-order valence-electron chi connectivity index (χ1n) is 9.40. The van der Waals surface area contributed by atoms with Crippen LogP contribution in [0.3, 0.4) is 0 Å². The molecular formula is C21H25N3O3S2. The number of carbonyl (C=O) groups is 1. The number of fused-ring (bicyclic) bond motifs is 1. The van der Waals surface area contributed by atoms with Crippen LogP contribution in [0.5, 0.6) is 0 Å². The topological polar surface area (TPSA) is 71.7 Å². The standard InChI is InChI=1S/C21H25N3O3S2/c1-6-24-18-12-9-16(14(2)3)13-19(18)28-21(24)22-20(25)15-7-10-17(11-8-15)29(26,27)23(4)5/h7-14H,6H2,1-5H3. The molecule has 0 saturated carbocycles. The van der Waals surface area contributed by atoms with Crippen LogP contribution in [0.25, 0.3) is 10.2 Å². The summed E-state index contributed by atoms with van der Waals surface area (Å²) < 4.78 is 28.6. The molecule has 1 heterocycles. The van der Waals surface area contributed by atoms with E-state index in [9.17, 15) is 13.2 Å². The molecule has 6 nitrogen and oxygen atoms in total. The number of aryl methyl sites for hydroxylation is 1. The van der Waals surface area contributed by atoms with Crippen LogP contribution in [-0.2, 0) is 16.6 Å². The molecule has 0 radical (unpaired) electrons. The second-order valence-corrected chi connectivity index (χ2v) is 10.4. The molecule has 0 bridgehead atoms. The van der Waals surface area contributed by atoms with Crippen molar-refractivity contribution in [2.45, 2.75) is 38.1 Å². The van der Waals surface area contributed by atoms with Crippen LogP contribution in [0.1, 0.15) is 42.6 Å². The minimum atomic E-state index is -3.53. The van der Waals surface area contributed by atoms with E-state index >= 15 is 0 Å². The van der Waals surface area contributed by atoms with Crippen molar-refractivity contribution in [3.05, 3.63) is 58.4 Å². The van der Waals surface area contributed by atoms with E-state index in [-0.39, 0.29) is 4.90 Å². The van der Waals surface area contributed by atoms with E-state index in [0.29, 0.717) is 22.8 Å². The minimum Gasteiger partial charge on any atom is -0.317 e. The summed E-state index contributed by atoms with van der Waals surface area (Å²) in [4.78, 5) is 17.8. The Kier molecular flexibility index (Phi) is 6.07. The number of hydrogen-bond donors (Lipinski definition) is 0. The summed E-state index contributed by atoms with van der Waals surface area (Å²) in [7, 11) is -0.585. The van der Waals surface area contributed by atoms with Gasteiger partial charge in [-0.3, -0.25) is 4.79 Å². The predicted octanol–water partition coefficient (Wildman–Crippen LogP) is 3.84. The van der Waals surface area contributed by atoms with Gasteiger partial charge in [-0.15, -0.1) is 0 Å². The summed E-state index contributed by atoms with van der Waals surface area (Å²) in [6, 6.07) is 12.2. The molecule has 0 fully saturated rings. The number of rotatable bonds is 5. The fraction of sp³-hybridized carbons (Fsp3) is 0.333. The van der Waals surface area contributed by atoms with E-state index in [0.717, 1.165) is 14.5 Å². The summed E-state index contributed by atoms with van der Waals surface area (Å²) in [5.74, 6) is 0.0344. The molecule has 8 heteroatoms. The van der Waals surface area contributed by atoms with Crippen molar-refractivity contribution in [3.8, 4) is 0 Å². The molecule has 0 aliphatic rings. The van der Waals surface area contributed by atoms with Gasteiger partial charge in [-0.1, -0.05) is 31.3 Å². The number of nitrogens with zero attached hydrogens (tertiary/aromatic N) is 3. The lowest BCUT2D eigenvalue weighted by atomic mass is 10.0. The highest BCUT2D eigenvalue weighted by Crippen LogP contribution is 2.23. The van der Waals surface area contributed by atoms with Crippen LogP contribution in [0.2, 0.25) is 0 Å². The Morgan fingerprint density at radius 3 is 2.34 bits per heavy atom. The van der Waals surface area contributed by atoms with Gasteiger partial charge in [-0.05, 0) is 54.8 Å². The first-order valence-corrected chi connectivity index (χ1v) is 11.7. The largest absolute Gasteiger partial charge is 0.317 e. The molecule has 0 spiro atoms. The van der Waals surface area contributed by atoms with Crippen molar-refractivity contribution in [2.75, 3.05) is 14.1 Å². The SMILES string of the molecule is CCn1c(=NC(=O)c2ccc(S(=O)(=O)N(C)C)cc2)sc2cc(C(C)C)ccc21. The van der Waals surface area contributed by atoms with Gasteiger partial charge < -0.3 is 4.57 Å². The van der Waals surface area contributed by atoms with Gasteiger partial charge in [0.15, 0.2) is 4.80 Å². The van der Waals surface area contributed by atoms with E-state index in [2.05, 4.69) is 37.0 Å². The summed E-state index contributed by atoms with van der Waals surface area (Å²) >= 11 is 1.49. The molecule has 0 unspecified atom stereocenters. The first kappa shape index (κ1) is 21.4. The van der Waals surface area contributed by atoms with Gasteiger partial charge in [0.2, 0.25) is 10.0 Å². The minimum absolute atomic E-state index is 0.144. The lowest BCUT2D eigenvalue weighted by Crippen LogP contribution is -2.22. The zero-order valence-corrected chi connectivity index (χ0v) is 18.8. The Balaban J connectivity index is 2.01. The molecule has 3 rings (SSSR count). The van der Waals surface area contributed by atoms with Gasteiger partial charge in [-0.2, -0.15) is 4.99 Å². The Bertz CT molecular complexity index is 1220. The van der Waals surface area contributed by atoms with Crippen LogP contribution in [0.4, 0.5) is 0 Å². The van der Waals surface area contributed by atoms with E-state index < -0.39 is 15.9 Å². The number of carbonyl (C=O) groups excluding carboxylic acids is 1. The summed E-state index contributed by atoms with van der Waals surface area (Å²) in [5, 5.41) is 0. The fourth-order valence-electron chi connectivity index (χ4n) is 2.97. The van der Waals surface area contributed by atoms with Gasteiger partial charge in [-0.25, -0.2) is 12.7 Å². The quantitative estimate of drug-likeness (QED) is 0.616. The second-order valence-electron chi connectivity index (χ2n) is 7.24. The lowest BCUT2D eigenvalue weighted by Gasteiger charge is -2.11. The van der Waals surface area contributed by atoms with Crippen LogP contribution in [-0.4, -0.2) is 37.3 Å². The summed E-state index contributed by atoms with van der Waals surface area (Å²) in [6.45, 7) is 7.02. The number of benzene rings is 2. The maximum absolute atomic E-state index is 12.7. The molecular weight excluding hydrogens is 406 g/mol. The highest BCUT2D eigenvalue weighted by atomic mass is 32.2. The van der Waals surface area contributed by atoms with Gasteiger partial charge >= 0.3 is 0 Å². The smallest absolute Gasteiger partial charge is 0.279 e. The number of amides is 1. The zero-order chi connectivity index (χ0) is 21.3. The third-order valence-corrected chi connectivity index (χ3v) is 7.64. The van der Waals surface area contributed by atoms with Crippen LogP contribution in [0, 0.1) is 0 Å². The predicted molar refractivity (Wildman–Crippen MR) is 117 cm³/mol. The molecule has 0 N–H and O–H groups in total. The average Bonchev–Trinajstić information content (AvgIpc) is 3.03. The normalized spacial score (nSPS) is 13.0. The Hall–Kier alpha value is -2.29. The van der Waals surface area contributed by atoms with Crippen LogP contribution in [0.15, 0.2) is 52.4 Å². The zero-order valence-electron chi connectivity index (χ0n) is 17.2. The lowest BCUT2D eigenvalue weighted by molar-refractivity contribution is 0.0997. The van der Waals surface area contributed by atoms with Gasteiger partial charge in [0.25, 0.3) is 5.91 Å². The van der Waals surface area contributed by atoms with Crippen molar-refractivity contribution < 1.29 is 13.2 Å². The molecule has 0 aliphatic carbocycles. The number of aromatic nitrogens is 1. The highest BCUT2D eigenvalue weighted by molar-refractivity contribution is 7.89. The van der Waals surface area contributed by atoms with Crippen LogP contribution >= 0.6 is 11.3 Å². The highest BCUT2D eigenvalue weighted by Gasteiger charge is 2.17. The van der Waals surface area contributed by atoms with E-state index in [1.165, 1.54) is 55.3 Å². The Labute approximate surface area is 175 Å².